The first-order valence-corrected chi connectivity index (χ1v) is 11.5. The standard InChI is InChI=1S/C25H25NO4S/c1-25(2)16-15-20-17-19(9-14-24(20)30-25)18-26(21-7-5-4-6-8-21)31(27,28)23-12-10-22(29-3)11-13-23/h4-17H,18H2,1-3H3. The summed E-state index contributed by atoms with van der Waals surface area (Å²) in [4.78, 5) is 0.208. The summed E-state index contributed by atoms with van der Waals surface area (Å²) in [5.74, 6) is 1.40. The van der Waals surface area contributed by atoms with E-state index in [2.05, 4.69) is 0 Å². The van der Waals surface area contributed by atoms with Crippen LogP contribution in [0.1, 0.15) is 25.0 Å². The molecular weight excluding hydrogens is 410 g/mol. The molecule has 0 unspecified atom stereocenters. The van der Waals surface area contributed by atoms with Crippen molar-refractivity contribution in [1.29, 1.82) is 0 Å². The van der Waals surface area contributed by atoms with Gasteiger partial charge in [0.05, 0.1) is 24.2 Å². The largest absolute Gasteiger partial charge is 0.497 e. The summed E-state index contributed by atoms with van der Waals surface area (Å²) in [5, 5.41) is 0. The summed E-state index contributed by atoms with van der Waals surface area (Å²) in [7, 11) is -2.24. The molecule has 31 heavy (non-hydrogen) atoms. The van der Waals surface area contributed by atoms with E-state index in [1.165, 1.54) is 4.31 Å². The van der Waals surface area contributed by atoms with E-state index in [4.69, 9.17) is 9.47 Å². The van der Waals surface area contributed by atoms with Gasteiger partial charge in [-0.3, -0.25) is 4.31 Å². The van der Waals surface area contributed by atoms with Crippen LogP contribution in [0.25, 0.3) is 6.08 Å². The highest BCUT2D eigenvalue weighted by Crippen LogP contribution is 2.33. The summed E-state index contributed by atoms with van der Waals surface area (Å²) in [5.41, 5.74) is 2.05. The minimum absolute atomic E-state index is 0.197. The topological polar surface area (TPSA) is 55.8 Å². The van der Waals surface area contributed by atoms with E-state index < -0.39 is 10.0 Å². The lowest BCUT2D eigenvalue weighted by Gasteiger charge is -2.29. The fourth-order valence-electron chi connectivity index (χ4n) is 3.48. The number of fused-ring (bicyclic) bond motifs is 1. The Morgan fingerprint density at radius 1 is 0.968 bits per heavy atom. The lowest BCUT2D eigenvalue weighted by Crippen LogP contribution is -2.31. The summed E-state index contributed by atoms with van der Waals surface area (Å²) in [6.07, 6.45) is 4.02. The molecule has 1 heterocycles. The predicted molar refractivity (Wildman–Crippen MR) is 123 cm³/mol. The number of anilines is 1. The molecular formula is C25H25NO4S. The van der Waals surface area contributed by atoms with Crippen LogP contribution in [0.4, 0.5) is 5.69 Å². The average Bonchev–Trinajstić information content (AvgIpc) is 2.77. The summed E-state index contributed by atoms with van der Waals surface area (Å²) in [6, 6.07) is 21.3. The van der Waals surface area contributed by atoms with E-state index >= 15 is 0 Å². The minimum Gasteiger partial charge on any atom is -0.497 e. The van der Waals surface area contributed by atoms with Gasteiger partial charge in [0.1, 0.15) is 17.1 Å². The Morgan fingerprint density at radius 3 is 2.35 bits per heavy atom. The van der Waals surface area contributed by atoms with E-state index in [1.54, 1.807) is 43.5 Å². The van der Waals surface area contributed by atoms with Crippen LogP contribution in [-0.4, -0.2) is 21.1 Å². The Labute approximate surface area is 183 Å². The van der Waals surface area contributed by atoms with Crippen LogP contribution in [0.5, 0.6) is 11.5 Å². The monoisotopic (exact) mass is 435 g/mol. The Kier molecular flexibility index (Phi) is 5.50. The molecule has 0 saturated heterocycles. The molecule has 0 aliphatic carbocycles. The molecule has 3 aromatic carbocycles. The zero-order chi connectivity index (χ0) is 22.1. The van der Waals surface area contributed by atoms with Gasteiger partial charge in [-0.15, -0.1) is 0 Å². The quantitative estimate of drug-likeness (QED) is 0.529. The van der Waals surface area contributed by atoms with Crippen LogP contribution in [0.3, 0.4) is 0 Å². The Balaban J connectivity index is 1.71. The molecule has 0 spiro atoms. The molecule has 0 amide bonds. The van der Waals surface area contributed by atoms with Gasteiger partial charge in [-0.1, -0.05) is 30.3 Å². The molecule has 0 aromatic heterocycles. The van der Waals surface area contributed by atoms with Crippen LogP contribution in [0, 0.1) is 0 Å². The maximum absolute atomic E-state index is 13.6. The third-order valence-corrected chi connectivity index (χ3v) is 6.92. The second-order valence-electron chi connectivity index (χ2n) is 7.93. The van der Waals surface area contributed by atoms with Crippen LogP contribution in [0.2, 0.25) is 0 Å². The van der Waals surface area contributed by atoms with Gasteiger partial charge >= 0.3 is 0 Å². The maximum atomic E-state index is 13.6. The van der Waals surface area contributed by atoms with Gasteiger partial charge in [0.15, 0.2) is 0 Å². The summed E-state index contributed by atoms with van der Waals surface area (Å²) < 4.78 is 39.7. The lowest BCUT2D eigenvalue weighted by atomic mass is 10.0. The molecule has 0 atom stereocenters. The fraction of sp³-hybridized carbons (Fsp3) is 0.200. The Bertz CT molecular complexity index is 1200. The highest BCUT2D eigenvalue weighted by atomic mass is 32.2. The van der Waals surface area contributed by atoms with Crippen molar-refractivity contribution < 1.29 is 17.9 Å². The predicted octanol–water partition coefficient (Wildman–Crippen LogP) is 5.27. The van der Waals surface area contributed by atoms with Gasteiger partial charge in [0, 0.05) is 5.56 Å². The highest BCUT2D eigenvalue weighted by molar-refractivity contribution is 7.92. The first kappa shape index (κ1) is 21.0. The molecule has 0 radical (unpaired) electrons. The number of rotatable bonds is 6. The molecule has 160 valence electrons. The first-order chi connectivity index (χ1) is 14.8. The van der Waals surface area contributed by atoms with Gasteiger partial charge < -0.3 is 9.47 Å². The van der Waals surface area contributed by atoms with E-state index in [9.17, 15) is 8.42 Å². The zero-order valence-corrected chi connectivity index (χ0v) is 18.6. The number of para-hydroxylation sites is 1. The third-order valence-electron chi connectivity index (χ3n) is 5.13. The van der Waals surface area contributed by atoms with E-state index in [1.807, 2.05) is 62.4 Å². The Morgan fingerprint density at radius 2 is 1.68 bits per heavy atom. The maximum Gasteiger partial charge on any atom is 0.264 e. The molecule has 0 fully saturated rings. The first-order valence-electron chi connectivity index (χ1n) is 10.0. The van der Waals surface area contributed by atoms with E-state index in [0.29, 0.717) is 11.4 Å². The number of hydrogen-bond donors (Lipinski definition) is 0. The van der Waals surface area contributed by atoms with Crippen LogP contribution < -0.4 is 13.8 Å². The van der Waals surface area contributed by atoms with Gasteiger partial charge in [-0.05, 0) is 74.0 Å². The fourth-order valence-corrected chi connectivity index (χ4v) is 4.93. The molecule has 1 aliphatic rings. The van der Waals surface area contributed by atoms with Crippen molar-refractivity contribution in [3.8, 4) is 11.5 Å². The lowest BCUT2D eigenvalue weighted by molar-refractivity contribution is 0.159. The molecule has 0 bridgehead atoms. The smallest absolute Gasteiger partial charge is 0.264 e. The van der Waals surface area contributed by atoms with Crippen LogP contribution in [-0.2, 0) is 16.6 Å². The van der Waals surface area contributed by atoms with Crippen molar-refractivity contribution in [3.05, 3.63) is 90.0 Å². The van der Waals surface area contributed by atoms with Crippen LogP contribution >= 0.6 is 0 Å². The number of methoxy groups -OCH3 is 1. The number of nitrogens with zero attached hydrogens (tertiary/aromatic N) is 1. The van der Waals surface area contributed by atoms with E-state index in [0.717, 1.165) is 16.9 Å². The van der Waals surface area contributed by atoms with Crippen LogP contribution in [0.15, 0.2) is 83.8 Å². The number of benzene rings is 3. The van der Waals surface area contributed by atoms with Gasteiger partial charge in [-0.2, -0.15) is 0 Å². The number of sulfonamides is 1. The van der Waals surface area contributed by atoms with Crippen molar-refractivity contribution in [2.24, 2.45) is 0 Å². The molecule has 4 rings (SSSR count). The van der Waals surface area contributed by atoms with Crippen molar-refractivity contribution >= 4 is 21.8 Å². The number of hydrogen-bond acceptors (Lipinski definition) is 4. The normalized spacial score (nSPS) is 14.4. The zero-order valence-electron chi connectivity index (χ0n) is 17.8. The van der Waals surface area contributed by atoms with Gasteiger partial charge in [0.2, 0.25) is 0 Å². The SMILES string of the molecule is COc1ccc(S(=O)(=O)N(Cc2ccc3c(c2)C=CC(C)(C)O3)c2ccccc2)cc1. The molecule has 0 N–H and O–H groups in total. The molecule has 5 nitrogen and oxygen atoms in total. The second-order valence-corrected chi connectivity index (χ2v) is 9.80. The van der Waals surface area contributed by atoms with Crippen molar-refractivity contribution in [1.82, 2.24) is 0 Å². The second kappa shape index (κ2) is 8.12. The summed E-state index contributed by atoms with van der Waals surface area (Å²) in [6.45, 7) is 4.20. The molecule has 0 saturated carbocycles. The average molecular weight is 436 g/mol. The van der Waals surface area contributed by atoms with Gasteiger partial charge in [-0.25, -0.2) is 8.42 Å². The van der Waals surface area contributed by atoms with Crippen molar-refractivity contribution in [2.75, 3.05) is 11.4 Å². The highest BCUT2D eigenvalue weighted by Gasteiger charge is 2.26. The molecule has 3 aromatic rings. The third kappa shape index (κ3) is 4.44. The van der Waals surface area contributed by atoms with Crippen molar-refractivity contribution in [3.63, 3.8) is 0 Å². The number of ether oxygens (including phenoxy) is 2. The summed E-state index contributed by atoms with van der Waals surface area (Å²) >= 11 is 0. The molecule has 1 aliphatic heterocycles. The molecule has 6 heteroatoms. The van der Waals surface area contributed by atoms with Crippen molar-refractivity contribution in [2.45, 2.75) is 30.9 Å². The van der Waals surface area contributed by atoms with E-state index in [-0.39, 0.29) is 17.0 Å². The minimum atomic E-state index is -3.79. The Hall–Kier alpha value is -3.25. The van der Waals surface area contributed by atoms with Gasteiger partial charge in [0.25, 0.3) is 10.0 Å².